The van der Waals surface area contributed by atoms with Gasteiger partial charge in [-0.15, -0.1) is 0 Å². The lowest BCUT2D eigenvalue weighted by Crippen LogP contribution is -2.45. The lowest BCUT2D eigenvalue weighted by molar-refractivity contribution is -0.143. The van der Waals surface area contributed by atoms with Crippen molar-refractivity contribution in [1.29, 1.82) is 0 Å². The van der Waals surface area contributed by atoms with E-state index in [1.165, 1.54) is 347 Å². The molecule has 0 aliphatic heterocycles. The molecule has 83 heavy (non-hydrogen) atoms. The van der Waals surface area contributed by atoms with Crippen molar-refractivity contribution in [2.24, 2.45) is 0 Å². The molecule has 0 aromatic carbocycles. The zero-order valence-electron chi connectivity index (χ0n) is 56.5. The number of aliphatic hydroxyl groups excluding tert-OH is 2. The fourth-order valence-corrected chi connectivity index (χ4v) is 12.2. The number of unbranched alkanes of at least 4 members (excludes halogenated alkanes) is 57. The SMILES string of the molecule is CCCCCC/C=C\C/C=C\CCCCCCCCCC(=O)OCCCCCCCCCCCCCCCCCCCCCCCCCCCCCCC(=O)NC(CO)C(O)CCCCCCCCCCCCCCCCCCCCCC. The van der Waals surface area contributed by atoms with E-state index in [2.05, 4.69) is 43.5 Å². The molecular formula is C77H149NO5. The van der Waals surface area contributed by atoms with E-state index in [9.17, 15) is 19.8 Å². The molecule has 0 saturated carbocycles. The second kappa shape index (κ2) is 72.8. The van der Waals surface area contributed by atoms with Crippen LogP contribution < -0.4 is 5.32 Å². The number of hydrogen-bond donors (Lipinski definition) is 3. The Hall–Kier alpha value is -1.66. The molecule has 492 valence electrons. The van der Waals surface area contributed by atoms with Crippen molar-refractivity contribution in [3.8, 4) is 0 Å². The fourth-order valence-electron chi connectivity index (χ4n) is 12.2. The van der Waals surface area contributed by atoms with E-state index in [0.29, 0.717) is 25.9 Å². The summed E-state index contributed by atoms with van der Waals surface area (Å²) in [4.78, 5) is 24.7. The number of nitrogens with one attached hydrogen (secondary N) is 1. The van der Waals surface area contributed by atoms with Crippen LogP contribution in [0.3, 0.4) is 0 Å². The number of aliphatic hydroxyl groups is 2. The average molecular weight is 1170 g/mol. The molecule has 0 bridgehead atoms. The number of rotatable bonds is 72. The Bertz CT molecular complexity index is 1300. The molecule has 0 spiro atoms. The molecule has 0 aromatic heterocycles. The lowest BCUT2D eigenvalue weighted by atomic mass is 10.0. The van der Waals surface area contributed by atoms with Gasteiger partial charge in [0.15, 0.2) is 0 Å². The minimum Gasteiger partial charge on any atom is -0.466 e. The zero-order chi connectivity index (χ0) is 59.9. The number of amides is 1. The van der Waals surface area contributed by atoms with Crippen molar-refractivity contribution in [1.82, 2.24) is 5.32 Å². The summed E-state index contributed by atoms with van der Waals surface area (Å²) in [6, 6.07) is -0.540. The number of carbonyl (C=O) groups is 2. The molecular weight excluding hydrogens is 1020 g/mol. The van der Waals surface area contributed by atoms with Crippen molar-refractivity contribution < 1.29 is 24.5 Å². The van der Waals surface area contributed by atoms with E-state index < -0.39 is 12.1 Å². The molecule has 0 aliphatic carbocycles. The predicted octanol–water partition coefficient (Wildman–Crippen LogP) is 24.9. The van der Waals surface area contributed by atoms with Crippen LogP contribution in [-0.4, -0.2) is 47.4 Å². The van der Waals surface area contributed by atoms with E-state index in [1.807, 2.05) is 0 Å². The highest BCUT2D eigenvalue weighted by atomic mass is 16.5. The van der Waals surface area contributed by atoms with Crippen LogP contribution in [0, 0.1) is 0 Å². The second-order valence-corrected chi connectivity index (χ2v) is 26.3. The third kappa shape index (κ3) is 69.3. The van der Waals surface area contributed by atoms with Crippen LogP contribution in [-0.2, 0) is 14.3 Å². The Balaban J connectivity index is 3.34. The minimum atomic E-state index is -0.663. The summed E-state index contributed by atoms with van der Waals surface area (Å²) in [5, 5.41) is 23.4. The van der Waals surface area contributed by atoms with Gasteiger partial charge in [0.05, 0.1) is 25.4 Å². The van der Waals surface area contributed by atoms with Gasteiger partial charge in [-0.25, -0.2) is 0 Å². The maximum Gasteiger partial charge on any atom is 0.305 e. The van der Waals surface area contributed by atoms with E-state index in [-0.39, 0.29) is 18.5 Å². The van der Waals surface area contributed by atoms with Crippen molar-refractivity contribution in [2.45, 2.75) is 443 Å². The third-order valence-corrected chi connectivity index (χ3v) is 18.0. The lowest BCUT2D eigenvalue weighted by Gasteiger charge is -2.22. The fraction of sp³-hybridized carbons (Fsp3) is 0.922. The molecule has 0 aliphatic rings. The standard InChI is InChI=1S/C77H149NO5/c1-3-5-7-9-11-13-15-17-19-21-23-34-37-41-45-49-53-57-61-65-69-75(80)74(73-79)78-76(81)70-66-62-58-54-50-46-42-38-35-32-30-28-26-24-25-27-29-31-33-36-40-44-48-52-56-60-64-68-72-83-77(82)71-67-63-59-55-51-47-43-39-22-20-18-16-14-12-10-8-6-4-2/h14,16,20,22,74-75,79-80H,3-13,15,17-19,21,23-73H2,1-2H3,(H,78,81)/b16-14-,22-20-. The average Bonchev–Trinajstić information content (AvgIpc) is 3.49. The molecule has 6 heteroatoms. The Labute approximate surface area is 520 Å². The number of carbonyl (C=O) groups excluding carboxylic acids is 2. The maximum absolute atomic E-state index is 12.6. The molecule has 6 nitrogen and oxygen atoms in total. The Morgan fingerprint density at radius 1 is 0.337 bits per heavy atom. The van der Waals surface area contributed by atoms with Gasteiger partial charge in [-0.05, 0) is 57.8 Å². The topological polar surface area (TPSA) is 95.9 Å². The van der Waals surface area contributed by atoms with Crippen LogP contribution in [0.5, 0.6) is 0 Å². The molecule has 0 fully saturated rings. The van der Waals surface area contributed by atoms with Gasteiger partial charge >= 0.3 is 5.97 Å². The summed E-state index contributed by atoms with van der Waals surface area (Å²) in [5.41, 5.74) is 0. The van der Waals surface area contributed by atoms with Crippen LogP contribution >= 0.6 is 0 Å². The quantitative estimate of drug-likeness (QED) is 0.0320. The van der Waals surface area contributed by atoms with Gasteiger partial charge in [-0.1, -0.05) is 385 Å². The highest BCUT2D eigenvalue weighted by Crippen LogP contribution is 2.20. The molecule has 0 saturated heterocycles. The largest absolute Gasteiger partial charge is 0.466 e. The summed E-state index contributed by atoms with van der Waals surface area (Å²) in [6.45, 7) is 4.98. The normalized spacial score (nSPS) is 12.6. The second-order valence-electron chi connectivity index (χ2n) is 26.3. The molecule has 2 atom stereocenters. The zero-order valence-corrected chi connectivity index (χ0v) is 56.5. The first kappa shape index (κ1) is 81.3. The number of allylic oxidation sites excluding steroid dienone is 4. The van der Waals surface area contributed by atoms with Crippen LogP contribution in [0.4, 0.5) is 0 Å². The van der Waals surface area contributed by atoms with E-state index >= 15 is 0 Å². The first-order valence-electron chi connectivity index (χ1n) is 38.1. The third-order valence-electron chi connectivity index (χ3n) is 18.0. The van der Waals surface area contributed by atoms with Crippen molar-refractivity contribution in [3.05, 3.63) is 24.3 Å². The van der Waals surface area contributed by atoms with Crippen LogP contribution in [0.15, 0.2) is 24.3 Å². The van der Waals surface area contributed by atoms with Gasteiger partial charge in [0.1, 0.15) is 0 Å². The van der Waals surface area contributed by atoms with Gasteiger partial charge < -0.3 is 20.3 Å². The minimum absolute atomic E-state index is 0.0125. The van der Waals surface area contributed by atoms with Gasteiger partial charge in [-0.3, -0.25) is 9.59 Å². The molecule has 0 aromatic rings. The Morgan fingerprint density at radius 3 is 0.928 bits per heavy atom. The first-order chi connectivity index (χ1) is 41.0. The summed E-state index contributed by atoms with van der Waals surface area (Å²) < 4.78 is 5.51. The van der Waals surface area contributed by atoms with Crippen LogP contribution in [0.1, 0.15) is 431 Å². The van der Waals surface area contributed by atoms with E-state index in [1.54, 1.807) is 0 Å². The Kier molecular flexibility index (Phi) is 71.4. The highest BCUT2D eigenvalue weighted by molar-refractivity contribution is 5.76. The molecule has 2 unspecified atom stereocenters. The molecule has 0 heterocycles. The van der Waals surface area contributed by atoms with Crippen molar-refractivity contribution in [2.75, 3.05) is 13.2 Å². The van der Waals surface area contributed by atoms with Crippen LogP contribution in [0.2, 0.25) is 0 Å². The number of hydrogen-bond acceptors (Lipinski definition) is 5. The van der Waals surface area contributed by atoms with Gasteiger partial charge in [0.25, 0.3) is 0 Å². The van der Waals surface area contributed by atoms with Crippen molar-refractivity contribution >= 4 is 11.9 Å². The molecule has 0 radical (unpaired) electrons. The number of ether oxygens (including phenoxy) is 1. The Morgan fingerprint density at radius 2 is 0.602 bits per heavy atom. The summed E-state index contributed by atoms with van der Waals surface area (Å²) in [7, 11) is 0. The highest BCUT2D eigenvalue weighted by Gasteiger charge is 2.20. The molecule has 3 N–H and O–H groups in total. The summed E-state index contributed by atoms with van der Waals surface area (Å²) in [6.07, 6.45) is 92.5. The maximum atomic E-state index is 12.6. The molecule has 1 amide bonds. The first-order valence-corrected chi connectivity index (χ1v) is 38.1. The van der Waals surface area contributed by atoms with Gasteiger partial charge in [-0.2, -0.15) is 0 Å². The van der Waals surface area contributed by atoms with Gasteiger partial charge in [0, 0.05) is 12.8 Å². The predicted molar refractivity (Wildman–Crippen MR) is 366 cm³/mol. The van der Waals surface area contributed by atoms with Crippen molar-refractivity contribution in [3.63, 3.8) is 0 Å². The van der Waals surface area contributed by atoms with E-state index in [4.69, 9.17) is 4.74 Å². The summed E-state index contributed by atoms with van der Waals surface area (Å²) in [5.74, 6) is -0.0146. The van der Waals surface area contributed by atoms with Gasteiger partial charge in [0.2, 0.25) is 5.91 Å². The van der Waals surface area contributed by atoms with Crippen LogP contribution in [0.25, 0.3) is 0 Å². The smallest absolute Gasteiger partial charge is 0.305 e. The summed E-state index contributed by atoms with van der Waals surface area (Å²) >= 11 is 0. The molecule has 0 rings (SSSR count). The van der Waals surface area contributed by atoms with E-state index in [0.717, 1.165) is 51.4 Å². The monoisotopic (exact) mass is 1170 g/mol. The number of esters is 1.